The van der Waals surface area contributed by atoms with Gasteiger partial charge in [-0.2, -0.15) is 0 Å². The summed E-state index contributed by atoms with van der Waals surface area (Å²) in [5.74, 6) is 0.0386. The van der Waals surface area contributed by atoms with Crippen LogP contribution in [0, 0.1) is 21.8 Å². The van der Waals surface area contributed by atoms with Gasteiger partial charge in [0, 0.05) is 12.6 Å². The second kappa shape index (κ2) is 4.77. The number of nitro groups is 1. The average molecular weight is 266 g/mol. The van der Waals surface area contributed by atoms with Crippen LogP contribution in [0.4, 0.5) is 15.8 Å². The van der Waals surface area contributed by atoms with Gasteiger partial charge in [0.2, 0.25) is 0 Å². The van der Waals surface area contributed by atoms with Gasteiger partial charge in [-0.3, -0.25) is 10.1 Å². The summed E-state index contributed by atoms with van der Waals surface area (Å²) in [6.07, 6.45) is 2.30. The Hall–Kier alpha value is -1.69. The Morgan fingerprint density at radius 1 is 1.42 bits per heavy atom. The maximum absolute atomic E-state index is 14.1. The van der Waals surface area contributed by atoms with E-state index in [1.165, 1.54) is 12.1 Å². The van der Waals surface area contributed by atoms with E-state index in [-0.39, 0.29) is 11.7 Å². The largest absolute Gasteiger partial charge is 0.377 e. The topological polar surface area (TPSA) is 55.6 Å². The number of nitro benzene ring substituents is 1. The molecular formula is C13H15FN2O3. The second-order valence-corrected chi connectivity index (χ2v) is 5.07. The summed E-state index contributed by atoms with van der Waals surface area (Å²) in [6.45, 7) is 1.82. The summed E-state index contributed by atoms with van der Waals surface area (Å²) >= 11 is 0. The number of anilines is 1. The van der Waals surface area contributed by atoms with Gasteiger partial charge in [0.05, 0.1) is 35.9 Å². The van der Waals surface area contributed by atoms with Crippen molar-refractivity contribution >= 4 is 11.4 Å². The first-order valence-electron chi connectivity index (χ1n) is 6.45. The third-order valence-corrected chi connectivity index (χ3v) is 3.78. The molecule has 6 heteroatoms. The van der Waals surface area contributed by atoms with E-state index in [0.717, 1.165) is 18.9 Å². The summed E-state index contributed by atoms with van der Waals surface area (Å²) < 4.78 is 19.5. The highest BCUT2D eigenvalue weighted by atomic mass is 19.1. The van der Waals surface area contributed by atoms with Gasteiger partial charge in [-0.05, 0) is 24.8 Å². The molecule has 1 aliphatic carbocycles. The molecule has 102 valence electrons. The maximum Gasteiger partial charge on any atom is 0.272 e. The number of hydrogen-bond acceptors (Lipinski definition) is 4. The molecule has 0 N–H and O–H groups in total. The van der Waals surface area contributed by atoms with Crippen molar-refractivity contribution in [1.82, 2.24) is 0 Å². The van der Waals surface area contributed by atoms with E-state index in [4.69, 9.17) is 4.74 Å². The molecule has 1 heterocycles. The van der Waals surface area contributed by atoms with E-state index in [9.17, 15) is 14.5 Å². The molecule has 1 aromatic carbocycles. The van der Waals surface area contributed by atoms with Crippen LogP contribution in [0.2, 0.25) is 0 Å². The molecule has 2 fully saturated rings. The van der Waals surface area contributed by atoms with E-state index in [0.29, 0.717) is 31.4 Å². The zero-order chi connectivity index (χ0) is 13.4. The molecule has 19 heavy (non-hydrogen) atoms. The number of ether oxygens (including phenoxy) is 1. The van der Waals surface area contributed by atoms with Crippen LogP contribution in [0.5, 0.6) is 0 Å². The number of morpholine rings is 1. The lowest BCUT2D eigenvalue weighted by Crippen LogP contribution is -2.47. The first kappa shape index (κ1) is 12.3. The fourth-order valence-electron chi connectivity index (χ4n) is 2.64. The Bertz CT molecular complexity index is 505. The summed E-state index contributed by atoms with van der Waals surface area (Å²) in [5.41, 5.74) is 0.239. The molecule has 1 aliphatic heterocycles. The second-order valence-electron chi connectivity index (χ2n) is 5.07. The first-order valence-corrected chi connectivity index (χ1v) is 6.45. The highest BCUT2D eigenvalue weighted by Crippen LogP contribution is 2.39. The van der Waals surface area contributed by atoms with Crippen molar-refractivity contribution < 1.29 is 14.1 Å². The van der Waals surface area contributed by atoms with Crippen molar-refractivity contribution in [3.8, 4) is 0 Å². The van der Waals surface area contributed by atoms with E-state index in [1.54, 1.807) is 0 Å². The number of non-ortho nitro benzene ring substituents is 1. The molecule has 0 bridgehead atoms. The molecule has 1 atom stereocenters. The minimum atomic E-state index is -0.579. The number of rotatable bonds is 3. The third kappa shape index (κ3) is 2.40. The molecule has 5 nitrogen and oxygen atoms in total. The lowest BCUT2D eigenvalue weighted by Gasteiger charge is -2.37. The molecule has 0 unspecified atom stereocenters. The highest BCUT2D eigenvalue weighted by molar-refractivity contribution is 5.53. The molecular weight excluding hydrogens is 251 g/mol. The lowest BCUT2D eigenvalue weighted by molar-refractivity contribution is -0.385. The SMILES string of the molecule is O=[N+]([O-])c1ccc(N2CCOC[C@@H]2C2CC2)c(F)c1. The van der Waals surface area contributed by atoms with E-state index >= 15 is 0 Å². The van der Waals surface area contributed by atoms with Gasteiger partial charge in [-0.25, -0.2) is 4.39 Å². The van der Waals surface area contributed by atoms with Gasteiger partial charge in [-0.1, -0.05) is 0 Å². The van der Waals surface area contributed by atoms with Crippen molar-refractivity contribution in [3.63, 3.8) is 0 Å². The molecule has 0 amide bonds. The lowest BCUT2D eigenvalue weighted by atomic mass is 10.1. The van der Waals surface area contributed by atoms with Gasteiger partial charge >= 0.3 is 0 Å². The molecule has 2 aliphatic rings. The van der Waals surface area contributed by atoms with Crippen LogP contribution in [-0.4, -0.2) is 30.7 Å². The molecule has 1 saturated heterocycles. The van der Waals surface area contributed by atoms with E-state index in [1.807, 2.05) is 4.90 Å². The summed E-state index contributed by atoms with van der Waals surface area (Å²) in [7, 11) is 0. The van der Waals surface area contributed by atoms with Gasteiger partial charge < -0.3 is 9.64 Å². The minimum absolute atomic E-state index is 0.199. The predicted octanol–water partition coefficient (Wildman–Crippen LogP) is 2.35. The van der Waals surface area contributed by atoms with Crippen molar-refractivity contribution in [1.29, 1.82) is 0 Å². The summed E-state index contributed by atoms with van der Waals surface area (Å²) in [5, 5.41) is 10.6. The van der Waals surface area contributed by atoms with Crippen molar-refractivity contribution in [3.05, 3.63) is 34.1 Å². The molecule has 1 saturated carbocycles. The Kier molecular flexibility index (Phi) is 3.10. The molecule has 3 rings (SSSR count). The molecule has 0 spiro atoms. The smallest absolute Gasteiger partial charge is 0.272 e. The fraction of sp³-hybridized carbons (Fsp3) is 0.538. The predicted molar refractivity (Wildman–Crippen MR) is 67.7 cm³/mol. The number of nitrogens with zero attached hydrogens (tertiary/aromatic N) is 2. The van der Waals surface area contributed by atoms with Gasteiger partial charge in [0.1, 0.15) is 0 Å². The van der Waals surface area contributed by atoms with Crippen LogP contribution >= 0.6 is 0 Å². The van der Waals surface area contributed by atoms with Crippen LogP contribution in [0.25, 0.3) is 0 Å². The van der Waals surface area contributed by atoms with Gasteiger partial charge in [0.25, 0.3) is 5.69 Å². The van der Waals surface area contributed by atoms with Crippen LogP contribution in [0.15, 0.2) is 18.2 Å². The Morgan fingerprint density at radius 2 is 2.21 bits per heavy atom. The zero-order valence-electron chi connectivity index (χ0n) is 10.4. The number of benzene rings is 1. The van der Waals surface area contributed by atoms with Crippen molar-refractivity contribution in [2.75, 3.05) is 24.7 Å². The van der Waals surface area contributed by atoms with E-state index < -0.39 is 10.7 Å². The third-order valence-electron chi connectivity index (χ3n) is 3.78. The monoisotopic (exact) mass is 266 g/mol. The van der Waals surface area contributed by atoms with Crippen molar-refractivity contribution in [2.45, 2.75) is 18.9 Å². The van der Waals surface area contributed by atoms with Gasteiger partial charge in [0.15, 0.2) is 5.82 Å². The minimum Gasteiger partial charge on any atom is -0.377 e. The fourth-order valence-corrected chi connectivity index (χ4v) is 2.64. The van der Waals surface area contributed by atoms with Crippen molar-refractivity contribution in [2.24, 2.45) is 5.92 Å². The number of hydrogen-bond donors (Lipinski definition) is 0. The average Bonchev–Trinajstić information content (AvgIpc) is 3.23. The quantitative estimate of drug-likeness (QED) is 0.622. The molecule has 0 aromatic heterocycles. The molecule has 1 aromatic rings. The summed E-state index contributed by atoms with van der Waals surface area (Å²) in [6, 6.07) is 4.06. The van der Waals surface area contributed by atoms with Crippen LogP contribution < -0.4 is 4.90 Å². The van der Waals surface area contributed by atoms with Crippen LogP contribution in [0.3, 0.4) is 0 Å². The standard InChI is InChI=1S/C13H15FN2O3/c14-11-7-10(16(17)18)3-4-12(11)15-5-6-19-8-13(15)9-1-2-9/h3-4,7,9,13H,1-2,5-6,8H2/t13-/m1/s1. The Labute approximate surface area is 110 Å². The maximum atomic E-state index is 14.1. The molecule has 0 radical (unpaired) electrons. The Morgan fingerprint density at radius 3 is 2.84 bits per heavy atom. The van der Waals surface area contributed by atoms with Crippen LogP contribution in [0.1, 0.15) is 12.8 Å². The zero-order valence-corrected chi connectivity index (χ0v) is 10.4. The normalized spacial score (nSPS) is 23.4. The van der Waals surface area contributed by atoms with E-state index in [2.05, 4.69) is 0 Å². The van der Waals surface area contributed by atoms with Crippen LogP contribution in [-0.2, 0) is 4.74 Å². The highest BCUT2D eigenvalue weighted by Gasteiger charge is 2.38. The first-order chi connectivity index (χ1) is 9.16. The Balaban J connectivity index is 1.89. The number of halogens is 1. The van der Waals surface area contributed by atoms with Gasteiger partial charge in [-0.15, -0.1) is 0 Å². The summed E-state index contributed by atoms with van der Waals surface area (Å²) in [4.78, 5) is 12.0.